The van der Waals surface area contributed by atoms with E-state index in [9.17, 15) is 0 Å². The Bertz CT molecular complexity index is 2120. The molecule has 1 aliphatic rings. The molecule has 0 radical (unpaired) electrons. The molecule has 0 aliphatic carbocycles. The summed E-state index contributed by atoms with van der Waals surface area (Å²) >= 11 is 0. The first-order valence-corrected chi connectivity index (χ1v) is 14.8. The zero-order chi connectivity index (χ0) is 31.5. The highest BCUT2D eigenvalue weighted by molar-refractivity contribution is 5.84. The fraction of sp³-hybridized carbons (Fsp3) is 0.176. The van der Waals surface area contributed by atoms with E-state index in [-0.39, 0.29) is 5.82 Å². The second kappa shape index (κ2) is 12.4. The number of pyridine rings is 3. The Labute approximate surface area is 265 Å². The first kappa shape index (κ1) is 28.5. The van der Waals surface area contributed by atoms with Crippen molar-refractivity contribution in [3.63, 3.8) is 0 Å². The minimum atomic E-state index is 0.171. The van der Waals surface area contributed by atoms with Crippen molar-refractivity contribution in [3.8, 4) is 34.5 Å². The van der Waals surface area contributed by atoms with Gasteiger partial charge in [0.05, 0.1) is 5.56 Å². The van der Waals surface area contributed by atoms with Crippen molar-refractivity contribution < 1.29 is 0 Å². The van der Waals surface area contributed by atoms with E-state index in [4.69, 9.17) is 27.5 Å². The number of likely N-dealkylation sites (tertiary alicyclic amines) is 1. The number of anilines is 2. The molecule has 12 nitrogen and oxygen atoms in total. The lowest BCUT2D eigenvalue weighted by Gasteiger charge is -2.32. The number of fused-ring (bicyclic) bond motifs is 1. The molecule has 0 saturated carbocycles. The zero-order valence-corrected chi connectivity index (χ0v) is 24.7. The van der Waals surface area contributed by atoms with E-state index in [2.05, 4.69) is 59.3 Å². The Kier molecular flexibility index (Phi) is 7.69. The Morgan fingerprint density at radius 1 is 0.891 bits per heavy atom. The number of hydrogen-bond donors (Lipinski definition) is 2. The third-order valence-electron chi connectivity index (χ3n) is 7.99. The first-order valence-electron chi connectivity index (χ1n) is 14.8. The van der Waals surface area contributed by atoms with Crippen LogP contribution < -0.4 is 11.1 Å². The van der Waals surface area contributed by atoms with Gasteiger partial charge >= 0.3 is 0 Å². The molecule has 1 aliphatic heterocycles. The highest BCUT2D eigenvalue weighted by Gasteiger charge is 2.22. The van der Waals surface area contributed by atoms with Crippen LogP contribution >= 0.6 is 0 Å². The van der Waals surface area contributed by atoms with Gasteiger partial charge in [0.15, 0.2) is 17.2 Å². The third kappa shape index (κ3) is 5.80. The zero-order valence-electron chi connectivity index (χ0n) is 24.7. The van der Waals surface area contributed by atoms with Gasteiger partial charge in [0.25, 0.3) is 5.82 Å². The van der Waals surface area contributed by atoms with E-state index in [1.54, 1.807) is 24.5 Å². The van der Waals surface area contributed by atoms with E-state index in [1.165, 1.54) is 5.56 Å². The van der Waals surface area contributed by atoms with Crippen molar-refractivity contribution in [3.05, 3.63) is 108 Å². The summed E-state index contributed by atoms with van der Waals surface area (Å²) in [5.41, 5.74) is 11.7. The van der Waals surface area contributed by atoms with Crippen LogP contribution in [-0.2, 0) is 6.54 Å². The molecular weight excluding hydrogens is 576 g/mol. The van der Waals surface area contributed by atoms with Crippen LogP contribution in [0.3, 0.4) is 0 Å². The molecule has 6 aromatic rings. The predicted molar refractivity (Wildman–Crippen MR) is 175 cm³/mol. The monoisotopic (exact) mass is 604 g/mol. The highest BCUT2D eigenvalue weighted by atomic mass is 15.2. The van der Waals surface area contributed by atoms with Gasteiger partial charge in [-0.25, -0.2) is 24.9 Å². The molecule has 1 aromatic carbocycles. The maximum atomic E-state index is 9.07. The molecule has 0 unspecified atom stereocenters. The van der Waals surface area contributed by atoms with Gasteiger partial charge in [-0.2, -0.15) is 5.26 Å². The molecule has 7 rings (SSSR count). The molecule has 0 amide bonds. The van der Waals surface area contributed by atoms with E-state index in [0.29, 0.717) is 57.4 Å². The van der Waals surface area contributed by atoms with Gasteiger partial charge in [0.2, 0.25) is 5.82 Å². The summed E-state index contributed by atoms with van der Waals surface area (Å²) in [4.78, 5) is 32.7. The average molecular weight is 605 g/mol. The summed E-state index contributed by atoms with van der Waals surface area (Å²) in [6.07, 6.45) is 5.22. The second-order valence-corrected chi connectivity index (χ2v) is 11.0. The number of piperidine rings is 1. The number of nitriles is 1. The topological polar surface area (TPSA) is 152 Å². The fourth-order valence-electron chi connectivity index (χ4n) is 5.71. The van der Waals surface area contributed by atoms with Gasteiger partial charge in [-0.1, -0.05) is 24.8 Å². The van der Waals surface area contributed by atoms with Crippen molar-refractivity contribution in [2.75, 3.05) is 24.1 Å². The van der Waals surface area contributed by atoms with Gasteiger partial charge in [-0.05, 0) is 73.0 Å². The number of aromatic nitrogens is 7. The summed E-state index contributed by atoms with van der Waals surface area (Å²) < 4.78 is 2.00. The number of nitrogens with one attached hydrogen (secondary N) is 1. The maximum absolute atomic E-state index is 9.07. The van der Waals surface area contributed by atoms with Crippen LogP contribution in [0, 0.1) is 17.9 Å². The average Bonchev–Trinajstić information content (AvgIpc) is 3.48. The third-order valence-corrected chi connectivity index (χ3v) is 7.99. The lowest BCUT2D eigenvalue weighted by atomic mass is 10.0. The van der Waals surface area contributed by atoms with Crippen LogP contribution in [0.15, 0.2) is 85.2 Å². The SMILES string of the molecule is [C-]#[N+]c1cccc(-c2ccc3nc(-c4cccnc4N)n(-c4ccc(CN5CCC(Nc6ccnc(C#N)n6)CC5)cc4)c3n2)n1. The number of imidazole rings is 1. The minimum Gasteiger partial charge on any atom is -0.383 e. The Morgan fingerprint density at radius 2 is 1.72 bits per heavy atom. The molecule has 0 atom stereocenters. The Hall–Kier alpha value is -6.24. The van der Waals surface area contributed by atoms with Crippen molar-refractivity contribution in [1.29, 1.82) is 5.26 Å². The smallest absolute Gasteiger partial charge is 0.270 e. The van der Waals surface area contributed by atoms with E-state index >= 15 is 0 Å². The summed E-state index contributed by atoms with van der Waals surface area (Å²) in [5.74, 6) is 2.19. The van der Waals surface area contributed by atoms with E-state index in [0.717, 1.165) is 38.2 Å². The van der Waals surface area contributed by atoms with Gasteiger partial charge in [-0.3, -0.25) is 9.47 Å². The highest BCUT2D eigenvalue weighted by Crippen LogP contribution is 2.32. The quantitative estimate of drug-likeness (QED) is 0.226. The molecule has 6 heterocycles. The van der Waals surface area contributed by atoms with E-state index < -0.39 is 0 Å². The van der Waals surface area contributed by atoms with Crippen LogP contribution in [0.2, 0.25) is 0 Å². The summed E-state index contributed by atoms with van der Waals surface area (Å²) in [7, 11) is 0. The molecule has 1 fully saturated rings. The Balaban J connectivity index is 1.14. The van der Waals surface area contributed by atoms with Gasteiger partial charge in [-0.15, -0.1) is 4.98 Å². The van der Waals surface area contributed by atoms with Crippen molar-refractivity contribution in [2.45, 2.75) is 25.4 Å². The fourth-order valence-corrected chi connectivity index (χ4v) is 5.71. The molecule has 0 bridgehead atoms. The van der Waals surface area contributed by atoms with Crippen LogP contribution in [0.4, 0.5) is 17.5 Å². The van der Waals surface area contributed by atoms with Crippen molar-refractivity contribution >= 4 is 28.6 Å². The van der Waals surface area contributed by atoms with Crippen molar-refractivity contribution in [2.24, 2.45) is 0 Å². The van der Waals surface area contributed by atoms with E-state index in [1.807, 2.05) is 47.0 Å². The van der Waals surface area contributed by atoms with Crippen LogP contribution in [0.25, 0.3) is 44.5 Å². The number of rotatable bonds is 7. The summed E-state index contributed by atoms with van der Waals surface area (Å²) in [6.45, 7) is 10.1. The number of benzene rings is 1. The predicted octanol–water partition coefficient (Wildman–Crippen LogP) is 5.42. The lowest BCUT2D eigenvalue weighted by molar-refractivity contribution is 0.211. The van der Waals surface area contributed by atoms with Crippen LogP contribution in [0.1, 0.15) is 24.2 Å². The number of hydrogen-bond acceptors (Lipinski definition) is 10. The Morgan fingerprint density at radius 3 is 2.50 bits per heavy atom. The molecule has 12 heteroatoms. The number of nitrogens with zero attached hydrogens (tertiary/aromatic N) is 10. The molecule has 1 saturated heterocycles. The van der Waals surface area contributed by atoms with Gasteiger partial charge in [0.1, 0.15) is 28.9 Å². The number of nitrogens with two attached hydrogens (primary N) is 1. The number of nitrogen functional groups attached to an aromatic ring is 1. The van der Waals surface area contributed by atoms with Gasteiger partial charge in [0, 0.05) is 43.8 Å². The maximum Gasteiger partial charge on any atom is 0.270 e. The van der Waals surface area contributed by atoms with Crippen LogP contribution in [0.5, 0.6) is 0 Å². The lowest BCUT2D eigenvalue weighted by Crippen LogP contribution is -2.38. The first-order chi connectivity index (χ1) is 22.6. The largest absolute Gasteiger partial charge is 0.383 e. The van der Waals surface area contributed by atoms with Crippen molar-refractivity contribution in [1.82, 2.24) is 39.4 Å². The standard InChI is InChI=1S/C34H28N12/c1-37-29-6-2-5-26(41-29)27-11-12-28-34(42-27)46(33(43-28)25-4-3-16-39-32(25)36)24-9-7-22(8-10-24)21-45-18-14-23(15-19-45)40-30-13-17-38-31(20-35)44-30/h2-13,16-17,23H,14-15,18-19,21H2,(H2,36,39)(H,38,40,44). The normalized spacial score (nSPS) is 13.7. The molecule has 46 heavy (non-hydrogen) atoms. The molecule has 224 valence electrons. The van der Waals surface area contributed by atoms with Gasteiger partial charge < -0.3 is 15.9 Å². The second-order valence-electron chi connectivity index (χ2n) is 11.0. The summed E-state index contributed by atoms with van der Waals surface area (Å²) in [5, 5.41) is 12.5. The molecular formula is C34H28N12. The molecule has 0 spiro atoms. The molecule has 5 aromatic heterocycles. The summed E-state index contributed by atoms with van der Waals surface area (Å²) in [6, 6.07) is 25.4. The minimum absolute atomic E-state index is 0.171. The van der Waals surface area contributed by atoms with Crippen LogP contribution in [-0.4, -0.2) is 58.5 Å². The molecule has 3 N–H and O–H groups in total.